The number of nitrogens with two attached hydrogens (primary N) is 1. The Bertz CT molecular complexity index is 391. The minimum atomic E-state index is -0.372. The Labute approximate surface area is 94.0 Å². The maximum Gasteiger partial charge on any atom is 0.240 e. The van der Waals surface area contributed by atoms with E-state index in [-0.39, 0.29) is 23.8 Å². The fourth-order valence-corrected chi connectivity index (χ4v) is 2.03. The van der Waals surface area contributed by atoms with E-state index in [4.69, 9.17) is 5.73 Å². The third kappa shape index (κ3) is 1.93. The van der Waals surface area contributed by atoms with E-state index in [1.165, 1.54) is 12.1 Å². The highest BCUT2D eigenvalue weighted by Gasteiger charge is 2.32. The van der Waals surface area contributed by atoms with Gasteiger partial charge in [0.15, 0.2) is 0 Å². The maximum absolute atomic E-state index is 12.8. The third-order valence-corrected chi connectivity index (χ3v) is 3.10. The fourth-order valence-electron chi connectivity index (χ4n) is 2.03. The third-order valence-electron chi connectivity index (χ3n) is 3.10. The van der Waals surface area contributed by atoms with Crippen molar-refractivity contribution in [2.75, 3.05) is 6.54 Å². The summed E-state index contributed by atoms with van der Waals surface area (Å²) in [5.74, 6) is -0.280. The van der Waals surface area contributed by atoms with Crippen LogP contribution in [0.4, 0.5) is 4.39 Å². The van der Waals surface area contributed by atoms with Crippen LogP contribution in [0.2, 0.25) is 0 Å². The summed E-state index contributed by atoms with van der Waals surface area (Å²) in [6.45, 7) is 2.61. The highest BCUT2D eigenvalue weighted by atomic mass is 19.1. The van der Waals surface area contributed by atoms with Crippen LogP contribution < -0.4 is 5.73 Å². The highest BCUT2D eigenvalue weighted by Crippen LogP contribution is 2.25. The number of benzene rings is 1. The molecule has 2 atom stereocenters. The van der Waals surface area contributed by atoms with Crippen molar-refractivity contribution >= 4 is 5.91 Å². The summed E-state index contributed by atoms with van der Waals surface area (Å²) >= 11 is 0. The Hall–Kier alpha value is -1.42. The average Bonchev–Trinajstić information content (AvgIpc) is 2.60. The number of halogens is 1. The number of carbonyl (C=O) groups excluding carboxylic acids is 1. The summed E-state index contributed by atoms with van der Waals surface area (Å²) in [5, 5.41) is 0. The molecule has 16 heavy (non-hydrogen) atoms. The molecule has 0 bridgehead atoms. The van der Waals surface area contributed by atoms with Crippen molar-refractivity contribution in [2.24, 2.45) is 5.73 Å². The van der Waals surface area contributed by atoms with Gasteiger partial charge in [0.25, 0.3) is 0 Å². The Morgan fingerprint density at radius 1 is 1.44 bits per heavy atom. The van der Waals surface area contributed by atoms with Gasteiger partial charge in [-0.15, -0.1) is 0 Å². The van der Waals surface area contributed by atoms with E-state index in [2.05, 4.69) is 0 Å². The first-order valence-electron chi connectivity index (χ1n) is 5.41. The summed E-state index contributed by atoms with van der Waals surface area (Å²) in [7, 11) is 0. The molecule has 2 N–H and O–H groups in total. The standard InChI is InChI=1S/C12H15FN2O/c1-8(9-2-4-10(13)5-3-9)15-7-6-11(14)12(15)16/h2-5,8,11H,6-7,14H2,1H3/t8-,11+/m1/s1. The van der Waals surface area contributed by atoms with Crippen LogP contribution in [0, 0.1) is 5.82 Å². The zero-order valence-electron chi connectivity index (χ0n) is 9.19. The Morgan fingerprint density at radius 3 is 2.56 bits per heavy atom. The van der Waals surface area contributed by atoms with Gasteiger partial charge >= 0.3 is 0 Å². The highest BCUT2D eigenvalue weighted by molar-refractivity contribution is 5.84. The zero-order chi connectivity index (χ0) is 11.7. The summed E-state index contributed by atoms with van der Waals surface area (Å²) < 4.78 is 12.8. The van der Waals surface area contributed by atoms with Crippen LogP contribution in [0.25, 0.3) is 0 Å². The zero-order valence-corrected chi connectivity index (χ0v) is 9.19. The van der Waals surface area contributed by atoms with Crippen molar-refractivity contribution in [2.45, 2.75) is 25.4 Å². The smallest absolute Gasteiger partial charge is 0.240 e. The molecule has 2 rings (SSSR count). The molecule has 0 aromatic heterocycles. The first-order chi connectivity index (χ1) is 7.59. The lowest BCUT2D eigenvalue weighted by molar-refractivity contribution is -0.130. The van der Waals surface area contributed by atoms with Gasteiger partial charge in [0.1, 0.15) is 5.82 Å². The van der Waals surface area contributed by atoms with Crippen LogP contribution in [0.3, 0.4) is 0 Å². The lowest BCUT2D eigenvalue weighted by Gasteiger charge is -2.24. The second-order valence-corrected chi connectivity index (χ2v) is 4.15. The van der Waals surface area contributed by atoms with E-state index < -0.39 is 0 Å². The normalized spacial score (nSPS) is 22.6. The van der Waals surface area contributed by atoms with Crippen LogP contribution >= 0.6 is 0 Å². The van der Waals surface area contributed by atoms with Gasteiger partial charge in [0.2, 0.25) is 5.91 Å². The van der Waals surface area contributed by atoms with Crippen molar-refractivity contribution < 1.29 is 9.18 Å². The molecule has 0 unspecified atom stereocenters. The largest absolute Gasteiger partial charge is 0.335 e. The average molecular weight is 222 g/mol. The van der Waals surface area contributed by atoms with Gasteiger partial charge in [-0.3, -0.25) is 4.79 Å². The number of carbonyl (C=O) groups is 1. The van der Waals surface area contributed by atoms with Crippen LogP contribution in [0.15, 0.2) is 24.3 Å². The summed E-state index contributed by atoms with van der Waals surface area (Å²) in [6.07, 6.45) is 0.699. The predicted molar refractivity (Wildman–Crippen MR) is 59.1 cm³/mol. The van der Waals surface area contributed by atoms with E-state index in [9.17, 15) is 9.18 Å². The number of rotatable bonds is 2. The molecule has 86 valence electrons. The van der Waals surface area contributed by atoms with Crippen molar-refractivity contribution in [3.05, 3.63) is 35.6 Å². The second kappa shape index (κ2) is 4.22. The SMILES string of the molecule is C[C@H](c1ccc(F)cc1)N1CC[C@H](N)C1=O. The van der Waals surface area contributed by atoms with Crippen molar-refractivity contribution in [1.29, 1.82) is 0 Å². The van der Waals surface area contributed by atoms with Crippen LogP contribution in [-0.2, 0) is 4.79 Å². The Morgan fingerprint density at radius 2 is 2.06 bits per heavy atom. The van der Waals surface area contributed by atoms with Gasteiger partial charge < -0.3 is 10.6 Å². The monoisotopic (exact) mass is 222 g/mol. The Balaban J connectivity index is 2.16. The van der Waals surface area contributed by atoms with E-state index in [0.29, 0.717) is 13.0 Å². The summed E-state index contributed by atoms with van der Waals surface area (Å²) in [4.78, 5) is 13.5. The number of amides is 1. The molecule has 1 aromatic carbocycles. The van der Waals surface area contributed by atoms with Gasteiger partial charge in [0, 0.05) is 6.54 Å². The van der Waals surface area contributed by atoms with Crippen LogP contribution in [-0.4, -0.2) is 23.4 Å². The number of likely N-dealkylation sites (tertiary alicyclic amines) is 1. The van der Waals surface area contributed by atoms with Crippen molar-refractivity contribution in [3.63, 3.8) is 0 Å². The molecule has 0 saturated carbocycles. The molecule has 1 fully saturated rings. The lowest BCUT2D eigenvalue weighted by Crippen LogP contribution is -2.35. The van der Waals surface area contributed by atoms with Gasteiger partial charge in [-0.25, -0.2) is 4.39 Å². The summed E-state index contributed by atoms with van der Waals surface area (Å²) in [6, 6.07) is 5.82. The molecule has 1 saturated heterocycles. The van der Waals surface area contributed by atoms with Gasteiger partial charge in [-0.2, -0.15) is 0 Å². The maximum atomic E-state index is 12.8. The molecule has 3 nitrogen and oxygen atoms in total. The molecule has 0 spiro atoms. The summed E-state index contributed by atoms with van der Waals surface area (Å²) in [5.41, 5.74) is 6.59. The van der Waals surface area contributed by atoms with E-state index in [0.717, 1.165) is 5.56 Å². The minimum Gasteiger partial charge on any atom is -0.335 e. The lowest BCUT2D eigenvalue weighted by atomic mass is 10.1. The first kappa shape index (κ1) is 11.1. The molecule has 4 heteroatoms. The molecule has 1 heterocycles. The molecule has 0 aliphatic carbocycles. The molecule has 1 aliphatic rings. The molecular weight excluding hydrogens is 207 g/mol. The second-order valence-electron chi connectivity index (χ2n) is 4.15. The fraction of sp³-hybridized carbons (Fsp3) is 0.417. The quantitative estimate of drug-likeness (QED) is 0.823. The predicted octanol–water partition coefficient (Wildman–Crippen LogP) is 1.45. The van der Waals surface area contributed by atoms with Crippen molar-refractivity contribution in [3.8, 4) is 0 Å². The van der Waals surface area contributed by atoms with Gasteiger partial charge in [-0.1, -0.05) is 12.1 Å². The molecule has 1 aromatic rings. The number of hydrogen-bond donors (Lipinski definition) is 1. The van der Waals surface area contributed by atoms with Crippen LogP contribution in [0.1, 0.15) is 24.9 Å². The van der Waals surface area contributed by atoms with Gasteiger partial charge in [0.05, 0.1) is 12.1 Å². The van der Waals surface area contributed by atoms with E-state index in [1.54, 1.807) is 17.0 Å². The molecule has 1 aliphatic heterocycles. The minimum absolute atomic E-state index is 0.0168. The van der Waals surface area contributed by atoms with E-state index >= 15 is 0 Å². The topological polar surface area (TPSA) is 46.3 Å². The van der Waals surface area contributed by atoms with E-state index in [1.807, 2.05) is 6.92 Å². The molecule has 0 radical (unpaired) electrons. The number of hydrogen-bond acceptors (Lipinski definition) is 2. The van der Waals surface area contributed by atoms with Gasteiger partial charge in [-0.05, 0) is 31.0 Å². The van der Waals surface area contributed by atoms with Crippen LogP contribution in [0.5, 0.6) is 0 Å². The molecule has 1 amide bonds. The van der Waals surface area contributed by atoms with Crippen molar-refractivity contribution in [1.82, 2.24) is 4.90 Å². The molecular formula is C12H15FN2O. The number of nitrogens with zero attached hydrogens (tertiary/aromatic N) is 1. The first-order valence-corrected chi connectivity index (χ1v) is 5.41. The Kier molecular flexibility index (Phi) is 2.92.